The van der Waals surface area contributed by atoms with Crippen LogP contribution >= 0.6 is 0 Å². The molecule has 0 bridgehead atoms. The third-order valence-electron chi connectivity index (χ3n) is 3.27. The van der Waals surface area contributed by atoms with Crippen molar-refractivity contribution in [3.8, 4) is 11.3 Å². The van der Waals surface area contributed by atoms with E-state index in [0.29, 0.717) is 6.04 Å². The van der Waals surface area contributed by atoms with Crippen molar-refractivity contribution in [1.82, 2.24) is 10.3 Å². The highest BCUT2D eigenvalue weighted by Gasteiger charge is 2.01. The van der Waals surface area contributed by atoms with Gasteiger partial charge in [0.15, 0.2) is 0 Å². The first-order chi connectivity index (χ1) is 8.79. The van der Waals surface area contributed by atoms with Gasteiger partial charge in [-0.3, -0.25) is 4.98 Å². The van der Waals surface area contributed by atoms with E-state index in [1.807, 2.05) is 31.4 Å². The maximum atomic E-state index is 4.36. The fraction of sp³-hybridized carbons (Fsp3) is 0.312. The molecule has 0 spiro atoms. The zero-order chi connectivity index (χ0) is 12.8. The van der Waals surface area contributed by atoms with E-state index in [4.69, 9.17) is 0 Å². The van der Waals surface area contributed by atoms with Gasteiger partial charge in [-0.05, 0) is 44.5 Å². The first-order valence-electron chi connectivity index (χ1n) is 6.47. The quantitative estimate of drug-likeness (QED) is 0.867. The van der Waals surface area contributed by atoms with E-state index >= 15 is 0 Å². The summed E-state index contributed by atoms with van der Waals surface area (Å²) in [5, 5.41) is 3.26. The van der Waals surface area contributed by atoms with Gasteiger partial charge in [0.05, 0.1) is 5.69 Å². The zero-order valence-corrected chi connectivity index (χ0v) is 11.1. The number of benzene rings is 1. The van der Waals surface area contributed by atoms with Gasteiger partial charge in [-0.15, -0.1) is 0 Å². The summed E-state index contributed by atoms with van der Waals surface area (Å²) in [6.45, 7) is 2.21. The second-order valence-corrected chi connectivity index (χ2v) is 4.64. The van der Waals surface area contributed by atoms with E-state index in [1.54, 1.807) is 0 Å². The van der Waals surface area contributed by atoms with Crippen molar-refractivity contribution in [3.05, 3.63) is 54.2 Å². The van der Waals surface area contributed by atoms with E-state index in [-0.39, 0.29) is 0 Å². The van der Waals surface area contributed by atoms with E-state index in [2.05, 4.69) is 41.5 Å². The summed E-state index contributed by atoms with van der Waals surface area (Å²) in [7, 11) is 2.01. The highest BCUT2D eigenvalue weighted by atomic mass is 14.8. The molecule has 2 heteroatoms. The van der Waals surface area contributed by atoms with Crippen molar-refractivity contribution < 1.29 is 0 Å². The molecule has 0 aliphatic carbocycles. The SMILES string of the molecule is CNC(C)CCc1ccc(-c2ccccn2)cc1. The lowest BCUT2D eigenvalue weighted by molar-refractivity contribution is 0.565. The highest BCUT2D eigenvalue weighted by molar-refractivity contribution is 5.58. The Morgan fingerprint density at radius 1 is 1.11 bits per heavy atom. The molecular formula is C16H20N2. The van der Waals surface area contributed by atoms with Gasteiger partial charge in [0, 0.05) is 17.8 Å². The summed E-state index contributed by atoms with van der Waals surface area (Å²) in [5.74, 6) is 0. The molecule has 0 fully saturated rings. The third kappa shape index (κ3) is 3.41. The summed E-state index contributed by atoms with van der Waals surface area (Å²) in [4.78, 5) is 4.36. The molecule has 2 nitrogen and oxygen atoms in total. The summed E-state index contributed by atoms with van der Waals surface area (Å²) >= 11 is 0. The molecule has 1 N–H and O–H groups in total. The van der Waals surface area contributed by atoms with Gasteiger partial charge in [-0.25, -0.2) is 0 Å². The molecule has 1 atom stereocenters. The number of rotatable bonds is 5. The lowest BCUT2D eigenvalue weighted by Gasteiger charge is -2.09. The fourth-order valence-corrected chi connectivity index (χ4v) is 1.90. The molecule has 0 radical (unpaired) electrons. The summed E-state index contributed by atoms with van der Waals surface area (Å²) < 4.78 is 0. The molecule has 1 aromatic heterocycles. The van der Waals surface area contributed by atoms with Crippen LogP contribution in [0, 0.1) is 0 Å². The molecule has 1 aromatic carbocycles. The van der Waals surface area contributed by atoms with Crippen LogP contribution in [0.2, 0.25) is 0 Å². The predicted molar refractivity (Wildman–Crippen MR) is 76.5 cm³/mol. The Morgan fingerprint density at radius 3 is 2.50 bits per heavy atom. The van der Waals surface area contributed by atoms with Crippen molar-refractivity contribution in [2.45, 2.75) is 25.8 Å². The molecule has 0 saturated heterocycles. The number of aryl methyl sites for hydroxylation is 1. The van der Waals surface area contributed by atoms with Gasteiger partial charge in [0.2, 0.25) is 0 Å². The van der Waals surface area contributed by atoms with Crippen molar-refractivity contribution in [1.29, 1.82) is 0 Å². The minimum absolute atomic E-state index is 0.570. The van der Waals surface area contributed by atoms with E-state index in [1.165, 1.54) is 17.5 Å². The molecule has 0 aliphatic rings. The number of nitrogens with zero attached hydrogens (tertiary/aromatic N) is 1. The monoisotopic (exact) mass is 240 g/mol. The first-order valence-corrected chi connectivity index (χ1v) is 6.47. The van der Waals surface area contributed by atoms with Crippen LogP contribution in [-0.2, 0) is 6.42 Å². The highest BCUT2D eigenvalue weighted by Crippen LogP contribution is 2.17. The van der Waals surface area contributed by atoms with Gasteiger partial charge in [-0.1, -0.05) is 30.3 Å². The summed E-state index contributed by atoms with van der Waals surface area (Å²) in [6.07, 6.45) is 4.11. The number of pyridine rings is 1. The Labute approximate surface area is 109 Å². The molecule has 0 amide bonds. The predicted octanol–water partition coefficient (Wildman–Crippen LogP) is 3.29. The molecule has 2 aromatic rings. The molecule has 2 rings (SSSR count). The van der Waals surface area contributed by atoms with Crippen LogP contribution < -0.4 is 5.32 Å². The normalized spacial score (nSPS) is 12.3. The second-order valence-electron chi connectivity index (χ2n) is 4.64. The summed E-state index contributed by atoms with van der Waals surface area (Å²) in [6, 6.07) is 15.3. The Hall–Kier alpha value is -1.67. The average Bonchev–Trinajstić information content (AvgIpc) is 2.46. The molecule has 0 saturated carbocycles. The largest absolute Gasteiger partial charge is 0.317 e. The molecular weight excluding hydrogens is 220 g/mol. The molecule has 1 unspecified atom stereocenters. The Balaban J connectivity index is 2.02. The van der Waals surface area contributed by atoms with Crippen molar-refractivity contribution >= 4 is 0 Å². The molecule has 94 valence electrons. The van der Waals surface area contributed by atoms with Crippen LogP contribution in [0.25, 0.3) is 11.3 Å². The Kier molecular flexibility index (Phi) is 4.48. The maximum Gasteiger partial charge on any atom is 0.0701 e. The molecule has 1 heterocycles. The van der Waals surface area contributed by atoms with Crippen molar-refractivity contribution in [2.75, 3.05) is 7.05 Å². The van der Waals surface area contributed by atoms with Crippen LogP contribution in [0.1, 0.15) is 18.9 Å². The lowest BCUT2D eigenvalue weighted by Crippen LogP contribution is -2.21. The van der Waals surface area contributed by atoms with Crippen molar-refractivity contribution in [3.63, 3.8) is 0 Å². The molecule has 0 aliphatic heterocycles. The van der Waals surface area contributed by atoms with E-state index in [0.717, 1.165) is 12.1 Å². The lowest BCUT2D eigenvalue weighted by atomic mass is 10.0. The van der Waals surface area contributed by atoms with Crippen LogP contribution in [0.4, 0.5) is 0 Å². The summed E-state index contributed by atoms with van der Waals surface area (Å²) in [5.41, 5.74) is 3.60. The molecule has 18 heavy (non-hydrogen) atoms. The minimum atomic E-state index is 0.570. The van der Waals surface area contributed by atoms with Crippen LogP contribution in [-0.4, -0.2) is 18.1 Å². The Morgan fingerprint density at radius 2 is 1.89 bits per heavy atom. The van der Waals surface area contributed by atoms with Crippen molar-refractivity contribution in [2.24, 2.45) is 0 Å². The minimum Gasteiger partial charge on any atom is -0.317 e. The van der Waals surface area contributed by atoms with Gasteiger partial charge in [0.1, 0.15) is 0 Å². The van der Waals surface area contributed by atoms with Gasteiger partial charge < -0.3 is 5.32 Å². The van der Waals surface area contributed by atoms with Gasteiger partial charge in [-0.2, -0.15) is 0 Å². The number of nitrogens with one attached hydrogen (secondary N) is 1. The zero-order valence-electron chi connectivity index (χ0n) is 11.1. The standard InChI is InChI=1S/C16H20N2/c1-13(17-2)6-7-14-8-10-15(11-9-14)16-5-3-4-12-18-16/h3-5,8-13,17H,6-7H2,1-2H3. The topological polar surface area (TPSA) is 24.9 Å². The third-order valence-corrected chi connectivity index (χ3v) is 3.27. The van der Waals surface area contributed by atoms with E-state index < -0.39 is 0 Å². The second kappa shape index (κ2) is 6.31. The average molecular weight is 240 g/mol. The number of hydrogen-bond donors (Lipinski definition) is 1. The van der Waals surface area contributed by atoms with Gasteiger partial charge in [0.25, 0.3) is 0 Å². The van der Waals surface area contributed by atoms with Crippen LogP contribution in [0.15, 0.2) is 48.7 Å². The maximum absolute atomic E-state index is 4.36. The first kappa shape index (κ1) is 12.8. The van der Waals surface area contributed by atoms with Crippen LogP contribution in [0.5, 0.6) is 0 Å². The van der Waals surface area contributed by atoms with E-state index in [9.17, 15) is 0 Å². The Bertz CT molecular complexity index is 462. The number of hydrogen-bond acceptors (Lipinski definition) is 2. The fourth-order valence-electron chi connectivity index (χ4n) is 1.90. The smallest absolute Gasteiger partial charge is 0.0701 e. The van der Waals surface area contributed by atoms with Gasteiger partial charge >= 0.3 is 0 Å². The van der Waals surface area contributed by atoms with Crippen LogP contribution in [0.3, 0.4) is 0 Å². The number of aromatic nitrogens is 1.